The molecule has 0 aromatic carbocycles. The largest absolute Gasteiger partial charge is 0.393 e. The molecular weight excluding hydrogens is 184 g/mol. The van der Waals surface area contributed by atoms with Gasteiger partial charge in [0, 0.05) is 0 Å². The normalized spacial score (nSPS) is 41.8. The van der Waals surface area contributed by atoms with Gasteiger partial charge in [0.15, 0.2) is 0 Å². The van der Waals surface area contributed by atoms with E-state index in [1.54, 1.807) is 0 Å². The van der Waals surface area contributed by atoms with Gasteiger partial charge in [-0.3, -0.25) is 0 Å². The number of fused-ring (bicyclic) bond motifs is 2. The van der Waals surface area contributed by atoms with Crippen LogP contribution in [0, 0.1) is 29.1 Å². The highest BCUT2D eigenvalue weighted by Gasteiger charge is 2.52. The van der Waals surface area contributed by atoms with Crippen LogP contribution in [-0.2, 0) is 0 Å². The van der Waals surface area contributed by atoms with E-state index in [4.69, 9.17) is 0 Å². The van der Waals surface area contributed by atoms with Crippen molar-refractivity contribution in [3.05, 3.63) is 0 Å². The predicted molar refractivity (Wildman–Crippen MR) is 63.6 cm³/mol. The van der Waals surface area contributed by atoms with E-state index >= 15 is 0 Å². The van der Waals surface area contributed by atoms with Crippen molar-refractivity contribution in [2.75, 3.05) is 0 Å². The first kappa shape index (κ1) is 11.4. The molecule has 1 nitrogen and oxygen atoms in total. The summed E-state index contributed by atoms with van der Waals surface area (Å²) in [5, 5.41) is 9.62. The van der Waals surface area contributed by atoms with Gasteiger partial charge in [-0.1, -0.05) is 20.8 Å². The summed E-state index contributed by atoms with van der Waals surface area (Å²) in [4.78, 5) is 0. The Morgan fingerprint density at radius 2 is 1.93 bits per heavy atom. The van der Waals surface area contributed by atoms with Gasteiger partial charge in [0.25, 0.3) is 0 Å². The Labute approximate surface area is 94.3 Å². The van der Waals surface area contributed by atoms with Crippen LogP contribution < -0.4 is 0 Å². The van der Waals surface area contributed by atoms with Crippen LogP contribution in [0.5, 0.6) is 0 Å². The molecule has 0 aromatic rings. The highest BCUT2D eigenvalue weighted by molar-refractivity contribution is 5.01. The molecule has 0 spiro atoms. The van der Waals surface area contributed by atoms with Crippen molar-refractivity contribution >= 4 is 0 Å². The van der Waals surface area contributed by atoms with Crippen molar-refractivity contribution in [1.29, 1.82) is 0 Å². The van der Waals surface area contributed by atoms with Crippen LogP contribution in [0.3, 0.4) is 0 Å². The van der Waals surface area contributed by atoms with Crippen molar-refractivity contribution in [3.8, 4) is 0 Å². The second-order valence-corrected chi connectivity index (χ2v) is 6.65. The van der Waals surface area contributed by atoms with Gasteiger partial charge in [-0.15, -0.1) is 0 Å². The van der Waals surface area contributed by atoms with Crippen LogP contribution >= 0.6 is 0 Å². The number of hydrogen-bond donors (Lipinski definition) is 1. The molecule has 5 atom stereocenters. The van der Waals surface area contributed by atoms with E-state index in [1.165, 1.54) is 25.7 Å². The van der Waals surface area contributed by atoms with E-state index in [0.717, 1.165) is 17.8 Å². The van der Waals surface area contributed by atoms with Gasteiger partial charge in [-0.2, -0.15) is 0 Å². The Kier molecular flexibility index (Phi) is 2.87. The molecule has 5 unspecified atom stereocenters. The highest BCUT2D eigenvalue weighted by Crippen LogP contribution is 2.60. The minimum atomic E-state index is -0.139. The Morgan fingerprint density at radius 3 is 2.40 bits per heavy atom. The van der Waals surface area contributed by atoms with Gasteiger partial charge < -0.3 is 5.11 Å². The minimum Gasteiger partial charge on any atom is -0.393 e. The van der Waals surface area contributed by atoms with Crippen molar-refractivity contribution < 1.29 is 5.11 Å². The van der Waals surface area contributed by atoms with Gasteiger partial charge in [0.1, 0.15) is 0 Å². The summed E-state index contributed by atoms with van der Waals surface area (Å²) in [6.07, 6.45) is 5.46. The average molecular weight is 210 g/mol. The SMILES string of the molecule is CC(O)C(C)CC1C2CCC(C2)C1(C)C. The molecule has 0 aliphatic heterocycles. The molecule has 2 bridgehead atoms. The molecule has 88 valence electrons. The maximum Gasteiger partial charge on any atom is 0.0537 e. The van der Waals surface area contributed by atoms with Crippen molar-refractivity contribution in [3.63, 3.8) is 0 Å². The predicted octanol–water partition coefficient (Wildman–Crippen LogP) is 3.47. The van der Waals surface area contributed by atoms with Gasteiger partial charge in [-0.05, 0) is 61.7 Å². The van der Waals surface area contributed by atoms with Crippen LogP contribution in [0.25, 0.3) is 0 Å². The molecule has 0 amide bonds. The average Bonchev–Trinajstić information content (AvgIpc) is 2.68. The monoisotopic (exact) mass is 210 g/mol. The quantitative estimate of drug-likeness (QED) is 0.756. The fourth-order valence-corrected chi connectivity index (χ4v) is 4.06. The molecule has 0 aromatic heterocycles. The summed E-state index contributed by atoms with van der Waals surface area (Å²) < 4.78 is 0. The fraction of sp³-hybridized carbons (Fsp3) is 1.00. The Bertz CT molecular complexity index is 231. The first-order chi connectivity index (χ1) is 6.93. The topological polar surface area (TPSA) is 20.2 Å². The van der Waals surface area contributed by atoms with E-state index in [1.807, 2.05) is 6.92 Å². The third-order valence-corrected chi connectivity index (χ3v) is 5.50. The van der Waals surface area contributed by atoms with E-state index in [9.17, 15) is 5.11 Å². The standard InChI is InChI=1S/C14H26O/c1-9(10(2)15)7-13-11-5-6-12(8-11)14(13,3)4/h9-13,15H,5-8H2,1-4H3. The molecule has 2 fully saturated rings. The lowest BCUT2D eigenvalue weighted by Gasteiger charge is -2.40. The van der Waals surface area contributed by atoms with Crippen LogP contribution in [0.15, 0.2) is 0 Å². The Morgan fingerprint density at radius 1 is 1.27 bits per heavy atom. The second kappa shape index (κ2) is 3.76. The highest BCUT2D eigenvalue weighted by atomic mass is 16.3. The molecule has 0 radical (unpaired) electrons. The Hall–Kier alpha value is -0.0400. The van der Waals surface area contributed by atoms with Crippen molar-refractivity contribution in [1.82, 2.24) is 0 Å². The zero-order valence-corrected chi connectivity index (χ0v) is 10.7. The molecule has 0 heterocycles. The minimum absolute atomic E-state index is 0.139. The molecule has 2 aliphatic carbocycles. The third-order valence-electron chi connectivity index (χ3n) is 5.50. The number of aliphatic hydroxyl groups is 1. The first-order valence-electron chi connectivity index (χ1n) is 6.61. The van der Waals surface area contributed by atoms with E-state index < -0.39 is 0 Å². The van der Waals surface area contributed by atoms with Gasteiger partial charge in [0.05, 0.1) is 6.10 Å². The summed E-state index contributed by atoms with van der Waals surface area (Å²) in [5.74, 6) is 3.26. The molecule has 1 heteroatoms. The number of aliphatic hydroxyl groups excluding tert-OH is 1. The summed E-state index contributed by atoms with van der Waals surface area (Å²) in [7, 11) is 0. The second-order valence-electron chi connectivity index (χ2n) is 6.65. The van der Waals surface area contributed by atoms with Crippen LogP contribution in [0.1, 0.15) is 53.4 Å². The first-order valence-corrected chi connectivity index (χ1v) is 6.61. The molecule has 2 rings (SSSR count). The van der Waals surface area contributed by atoms with E-state index in [0.29, 0.717) is 11.3 Å². The van der Waals surface area contributed by atoms with Crippen LogP contribution in [0.4, 0.5) is 0 Å². The molecular formula is C14H26O. The summed E-state index contributed by atoms with van der Waals surface area (Å²) in [6, 6.07) is 0. The van der Waals surface area contributed by atoms with Gasteiger partial charge >= 0.3 is 0 Å². The van der Waals surface area contributed by atoms with Crippen molar-refractivity contribution in [2.24, 2.45) is 29.1 Å². The molecule has 2 aliphatic rings. The lowest BCUT2D eigenvalue weighted by atomic mass is 9.66. The maximum atomic E-state index is 9.62. The lowest BCUT2D eigenvalue weighted by Crippen LogP contribution is -2.33. The Balaban J connectivity index is 2.03. The van der Waals surface area contributed by atoms with Crippen LogP contribution in [-0.4, -0.2) is 11.2 Å². The summed E-state index contributed by atoms with van der Waals surface area (Å²) in [5.41, 5.74) is 0.534. The van der Waals surface area contributed by atoms with E-state index in [-0.39, 0.29) is 6.10 Å². The molecule has 2 saturated carbocycles. The lowest BCUT2D eigenvalue weighted by molar-refractivity contribution is 0.0604. The smallest absolute Gasteiger partial charge is 0.0537 e. The molecule has 15 heavy (non-hydrogen) atoms. The molecule has 0 saturated heterocycles. The third kappa shape index (κ3) is 1.84. The zero-order valence-electron chi connectivity index (χ0n) is 10.7. The summed E-state index contributed by atoms with van der Waals surface area (Å²) in [6.45, 7) is 9.05. The summed E-state index contributed by atoms with van der Waals surface area (Å²) >= 11 is 0. The number of hydrogen-bond acceptors (Lipinski definition) is 1. The van der Waals surface area contributed by atoms with Gasteiger partial charge in [0.2, 0.25) is 0 Å². The maximum absolute atomic E-state index is 9.62. The number of rotatable bonds is 3. The molecule has 1 N–H and O–H groups in total. The van der Waals surface area contributed by atoms with E-state index in [2.05, 4.69) is 20.8 Å². The van der Waals surface area contributed by atoms with Gasteiger partial charge in [-0.25, -0.2) is 0 Å². The van der Waals surface area contributed by atoms with Crippen LogP contribution in [0.2, 0.25) is 0 Å². The van der Waals surface area contributed by atoms with Crippen molar-refractivity contribution in [2.45, 2.75) is 59.5 Å². The fourth-order valence-electron chi connectivity index (χ4n) is 4.06. The zero-order chi connectivity index (χ0) is 11.2.